The van der Waals surface area contributed by atoms with Crippen LogP contribution in [-0.4, -0.2) is 31.7 Å². The Labute approximate surface area is 136 Å². The summed E-state index contributed by atoms with van der Waals surface area (Å²) in [4.78, 5) is 23.5. The molecule has 6 nitrogen and oxygen atoms in total. The first-order valence-electron chi connectivity index (χ1n) is 7.91. The predicted octanol–water partition coefficient (Wildman–Crippen LogP) is 2.62. The summed E-state index contributed by atoms with van der Waals surface area (Å²) in [5.41, 5.74) is 0.567. The number of hydrogen-bond donors (Lipinski definition) is 1. The molecule has 1 fully saturated rings. The Bertz CT molecular complexity index is 572. The van der Waals surface area contributed by atoms with E-state index in [4.69, 9.17) is 14.2 Å². The molecule has 0 aliphatic heterocycles. The summed E-state index contributed by atoms with van der Waals surface area (Å²) in [6.45, 7) is 6.50. The molecule has 0 heterocycles. The van der Waals surface area contributed by atoms with Gasteiger partial charge < -0.3 is 19.5 Å². The van der Waals surface area contributed by atoms with Crippen LogP contribution in [0.3, 0.4) is 0 Å². The van der Waals surface area contributed by atoms with Crippen LogP contribution in [0.15, 0.2) is 18.2 Å². The van der Waals surface area contributed by atoms with Gasteiger partial charge in [-0.3, -0.25) is 9.59 Å². The van der Waals surface area contributed by atoms with E-state index >= 15 is 0 Å². The number of amides is 1. The van der Waals surface area contributed by atoms with E-state index in [2.05, 4.69) is 5.32 Å². The number of carbonyl (C=O) groups is 2. The van der Waals surface area contributed by atoms with Gasteiger partial charge in [-0.1, -0.05) is 6.92 Å². The zero-order valence-corrected chi connectivity index (χ0v) is 13.8. The van der Waals surface area contributed by atoms with Crippen LogP contribution >= 0.6 is 0 Å². The van der Waals surface area contributed by atoms with Crippen LogP contribution in [0.2, 0.25) is 0 Å². The lowest BCUT2D eigenvalue weighted by Gasteiger charge is -2.13. The Balaban J connectivity index is 1.89. The SMILES string of the molecule is CCOc1ccc(NC(=O)COC(=O)[C@@H]2C[C@@H]2C)cc1OCC. The van der Waals surface area contributed by atoms with Gasteiger partial charge >= 0.3 is 5.97 Å². The molecular weight excluding hydrogens is 298 g/mol. The Morgan fingerprint density at radius 3 is 2.43 bits per heavy atom. The van der Waals surface area contributed by atoms with Crippen LogP contribution in [0.4, 0.5) is 5.69 Å². The maximum absolute atomic E-state index is 11.9. The number of rotatable bonds is 8. The van der Waals surface area contributed by atoms with Gasteiger partial charge in [-0.15, -0.1) is 0 Å². The molecule has 2 atom stereocenters. The lowest BCUT2D eigenvalue weighted by molar-refractivity contribution is -0.148. The third-order valence-electron chi connectivity index (χ3n) is 3.58. The van der Waals surface area contributed by atoms with Crippen LogP contribution in [0.1, 0.15) is 27.2 Å². The van der Waals surface area contributed by atoms with Gasteiger partial charge in [0.2, 0.25) is 0 Å². The van der Waals surface area contributed by atoms with Crippen molar-refractivity contribution in [2.75, 3.05) is 25.1 Å². The van der Waals surface area contributed by atoms with Gasteiger partial charge in [0, 0.05) is 11.8 Å². The van der Waals surface area contributed by atoms with Crippen molar-refractivity contribution < 1.29 is 23.8 Å². The first-order valence-corrected chi connectivity index (χ1v) is 7.91. The second kappa shape index (κ2) is 7.85. The van der Waals surface area contributed by atoms with Gasteiger partial charge in [0.05, 0.1) is 19.1 Å². The van der Waals surface area contributed by atoms with E-state index in [0.717, 1.165) is 6.42 Å². The summed E-state index contributed by atoms with van der Waals surface area (Å²) >= 11 is 0. The summed E-state index contributed by atoms with van der Waals surface area (Å²) in [5, 5.41) is 2.68. The highest BCUT2D eigenvalue weighted by Crippen LogP contribution is 2.38. The highest BCUT2D eigenvalue weighted by molar-refractivity contribution is 5.93. The predicted molar refractivity (Wildman–Crippen MR) is 85.6 cm³/mol. The second-order valence-electron chi connectivity index (χ2n) is 5.50. The number of nitrogens with one attached hydrogen (secondary N) is 1. The van der Waals surface area contributed by atoms with Crippen molar-refractivity contribution in [2.24, 2.45) is 11.8 Å². The Kier molecular flexibility index (Phi) is 5.84. The van der Waals surface area contributed by atoms with E-state index in [1.54, 1.807) is 18.2 Å². The molecule has 1 saturated carbocycles. The molecule has 1 aliphatic rings. The molecule has 0 saturated heterocycles. The lowest BCUT2D eigenvalue weighted by atomic mass is 10.2. The van der Waals surface area contributed by atoms with E-state index in [-0.39, 0.29) is 24.4 Å². The Morgan fingerprint density at radius 2 is 1.83 bits per heavy atom. The maximum Gasteiger partial charge on any atom is 0.309 e. The van der Waals surface area contributed by atoms with Crippen molar-refractivity contribution in [3.63, 3.8) is 0 Å². The third-order valence-corrected chi connectivity index (χ3v) is 3.58. The normalized spacial score (nSPS) is 18.9. The molecule has 1 aromatic carbocycles. The average molecular weight is 321 g/mol. The van der Waals surface area contributed by atoms with Gasteiger partial charge in [0.15, 0.2) is 18.1 Å². The fraction of sp³-hybridized carbons (Fsp3) is 0.529. The van der Waals surface area contributed by atoms with Crippen molar-refractivity contribution in [2.45, 2.75) is 27.2 Å². The minimum atomic E-state index is -0.377. The quantitative estimate of drug-likeness (QED) is 0.745. The van der Waals surface area contributed by atoms with Crippen molar-refractivity contribution in [1.29, 1.82) is 0 Å². The highest BCUT2D eigenvalue weighted by atomic mass is 16.5. The number of benzene rings is 1. The van der Waals surface area contributed by atoms with Crippen LogP contribution in [0, 0.1) is 11.8 Å². The molecule has 0 aromatic heterocycles. The van der Waals surface area contributed by atoms with Crippen LogP contribution < -0.4 is 14.8 Å². The molecular formula is C17H23NO5. The van der Waals surface area contributed by atoms with Gasteiger partial charge in [-0.2, -0.15) is 0 Å². The fourth-order valence-electron chi connectivity index (χ4n) is 2.22. The molecule has 1 aliphatic carbocycles. The van der Waals surface area contributed by atoms with E-state index in [9.17, 15) is 9.59 Å². The summed E-state index contributed by atoms with van der Waals surface area (Å²) < 4.78 is 16.0. The zero-order valence-electron chi connectivity index (χ0n) is 13.8. The lowest BCUT2D eigenvalue weighted by Crippen LogP contribution is -2.21. The first kappa shape index (κ1) is 17.1. The first-order chi connectivity index (χ1) is 11.0. The molecule has 2 rings (SSSR count). The number of esters is 1. The Hall–Kier alpha value is -2.24. The molecule has 1 aromatic rings. The molecule has 0 bridgehead atoms. The molecule has 0 radical (unpaired) electrons. The van der Waals surface area contributed by atoms with Crippen LogP contribution in [0.5, 0.6) is 11.5 Å². The summed E-state index contributed by atoms with van der Waals surface area (Å²) in [5.74, 6) is 0.841. The molecule has 126 valence electrons. The standard InChI is InChI=1S/C17H23NO5/c1-4-21-14-7-6-12(9-15(14)22-5-2)18-16(19)10-23-17(20)13-8-11(13)3/h6-7,9,11,13H,4-5,8,10H2,1-3H3,(H,18,19)/t11-,13+/m0/s1. The molecule has 1 N–H and O–H groups in total. The summed E-state index contributed by atoms with van der Waals surface area (Å²) in [6, 6.07) is 5.15. The van der Waals surface area contributed by atoms with Crippen LogP contribution in [-0.2, 0) is 14.3 Å². The smallest absolute Gasteiger partial charge is 0.309 e. The third kappa shape index (κ3) is 4.87. The molecule has 6 heteroatoms. The molecule has 23 heavy (non-hydrogen) atoms. The van der Waals surface area contributed by atoms with E-state index in [0.29, 0.717) is 36.3 Å². The summed E-state index contributed by atoms with van der Waals surface area (Å²) in [7, 11) is 0. The molecule has 0 spiro atoms. The monoisotopic (exact) mass is 321 g/mol. The van der Waals surface area contributed by atoms with E-state index in [1.807, 2.05) is 20.8 Å². The van der Waals surface area contributed by atoms with Crippen molar-refractivity contribution in [1.82, 2.24) is 0 Å². The van der Waals surface area contributed by atoms with Gasteiger partial charge in [-0.05, 0) is 38.3 Å². The zero-order chi connectivity index (χ0) is 16.8. The fourth-order valence-corrected chi connectivity index (χ4v) is 2.22. The summed E-state index contributed by atoms with van der Waals surface area (Å²) in [6.07, 6.45) is 0.844. The number of ether oxygens (including phenoxy) is 3. The minimum Gasteiger partial charge on any atom is -0.490 e. The average Bonchev–Trinajstić information content (AvgIpc) is 3.25. The van der Waals surface area contributed by atoms with Crippen LogP contribution in [0.25, 0.3) is 0 Å². The topological polar surface area (TPSA) is 73.9 Å². The van der Waals surface area contributed by atoms with Crippen molar-refractivity contribution in [3.8, 4) is 11.5 Å². The van der Waals surface area contributed by atoms with Gasteiger partial charge in [0.1, 0.15) is 0 Å². The van der Waals surface area contributed by atoms with Crippen molar-refractivity contribution in [3.05, 3.63) is 18.2 Å². The van der Waals surface area contributed by atoms with Gasteiger partial charge in [-0.25, -0.2) is 0 Å². The number of anilines is 1. The second-order valence-corrected chi connectivity index (χ2v) is 5.50. The van der Waals surface area contributed by atoms with E-state index in [1.165, 1.54) is 0 Å². The number of hydrogen-bond acceptors (Lipinski definition) is 5. The highest BCUT2D eigenvalue weighted by Gasteiger charge is 2.40. The Morgan fingerprint density at radius 1 is 1.17 bits per heavy atom. The largest absolute Gasteiger partial charge is 0.490 e. The van der Waals surface area contributed by atoms with Gasteiger partial charge in [0.25, 0.3) is 5.91 Å². The maximum atomic E-state index is 11.9. The van der Waals surface area contributed by atoms with Crippen molar-refractivity contribution >= 4 is 17.6 Å². The number of carbonyl (C=O) groups excluding carboxylic acids is 2. The molecule has 0 unspecified atom stereocenters. The molecule has 1 amide bonds. The minimum absolute atomic E-state index is 0.0437. The van der Waals surface area contributed by atoms with E-state index < -0.39 is 0 Å².